The standard InChI is InChI=1S/C13H12N2O/c1-10(15-16)12-7-13(9-14-8-12)11-5-3-2-4-6-11/h2-9,16H,1H3. The number of hydrogen-bond donors (Lipinski definition) is 1. The average Bonchev–Trinajstić information content (AvgIpc) is 2.39. The molecule has 80 valence electrons. The van der Waals surface area contributed by atoms with E-state index in [1.165, 1.54) is 0 Å². The number of oxime groups is 1. The summed E-state index contributed by atoms with van der Waals surface area (Å²) in [6, 6.07) is 11.9. The summed E-state index contributed by atoms with van der Waals surface area (Å²) < 4.78 is 0. The molecule has 0 spiro atoms. The van der Waals surface area contributed by atoms with E-state index in [9.17, 15) is 0 Å². The maximum Gasteiger partial charge on any atom is 0.0852 e. The van der Waals surface area contributed by atoms with Crippen molar-refractivity contribution in [1.29, 1.82) is 0 Å². The van der Waals surface area contributed by atoms with Crippen molar-refractivity contribution in [2.75, 3.05) is 0 Å². The molecule has 0 aliphatic rings. The van der Waals surface area contributed by atoms with Crippen LogP contribution >= 0.6 is 0 Å². The lowest BCUT2D eigenvalue weighted by Gasteiger charge is -2.03. The molecule has 0 aliphatic heterocycles. The topological polar surface area (TPSA) is 45.5 Å². The average molecular weight is 212 g/mol. The van der Waals surface area contributed by atoms with E-state index in [1.54, 1.807) is 19.3 Å². The van der Waals surface area contributed by atoms with Crippen molar-refractivity contribution in [3.63, 3.8) is 0 Å². The Bertz CT molecular complexity index is 506. The van der Waals surface area contributed by atoms with E-state index in [-0.39, 0.29) is 0 Å². The van der Waals surface area contributed by atoms with Gasteiger partial charge in [-0.05, 0) is 18.6 Å². The van der Waals surface area contributed by atoms with E-state index in [2.05, 4.69) is 10.1 Å². The Morgan fingerprint density at radius 1 is 1.12 bits per heavy atom. The zero-order chi connectivity index (χ0) is 11.4. The van der Waals surface area contributed by atoms with Crippen LogP contribution in [0.5, 0.6) is 0 Å². The van der Waals surface area contributed by atoms with Crippen molar-refractivity contribution in [2.24, 2.45) is 5.16 Å². The van der Waals surface area contributed by atoms with Crippen LogP contribution in [0.2, 0.25) is 0 Å². The first kappa shape index (κ1) is 10.4. The minimum absolute atomic E-state index is 0.560. The highest BCUT2D eigenvalue weighted by Crippen LogP contribution is 2.18. The minimum atomic E-state index is 0.560. The van der Waals surface area contributed by atoms with Crippen molar-refractivity contribution in [3.05, 3.63) is 54.4 Å². The zero-order valence-electron chi connectivity index (χ0n) is 8.96. The minimum Gasteiger partial charge on any atom is -0.411 e. The molecule has 0 atom stereocenters. The molecule has 0 radical (unpaired) electrons. The van der Waals surface area contributed by atoms with Crippen LogP contribution in [0.3, 0.4) is 0 Å². The van der Waals surface area contributed by atoms with Gasteiger partial charge in [0.2, 0.25) is 0 Å². The van der Waals surface area contributed by atoms with Crippen LogP contribution in [-0.4, -0.2) is 15.9 Å². The van der Waals surface area contributed by atoms with Gasteiger partial charge in [-0.25, -0.2) is 0 Å². The summed E-state index contributed by atoms with van der Waals surface area (Å²) in [5.41, 5.74) is 3.50. The Morgan fingerprint density at radius 3 is 2.56 bits per heavy atom. The number of aromatic nitrogens is 1. The van der Waals surface area contributed by atoms with Crippen molar-refractivity contribution in [1.82, 2.24) is 4.98 Å². The molecule has 2 rings (SSSR count). The van der Waals surface area contributed by atoms with E-state index in [0.29, 0.717) is 5.71 Å². The van der Waals surface area contributed by atoms with Gasteiger partial charge in [0, 0.05) is 23.5 Å². The summed E-state index contributed by atoms with van der Waals surface area (Å²) in [4.78, 5) is 4.14. The third kappa shape index (κ3) is 2.08. The van der Waals surface area contributed by atoms with Crippen LogP contribution in [-0.2, 0) is 0 Å². The summed E-state index contributed by atoms with van der Waals surface area (Å²) in [5, 5.41) is 11.9. The normalized spacial score (nSPS) is 11.4. The van der Waals surface area contributed by atoms with Crippen LogP contribution in [0.1, 0.15) is 12.5 Å². The fraction of sp³-hybridized carbons (Fsp3) is 0.0769. The second-order valence-corrected chi connectivity index (χ2v) is 3.51. The monoisotopic (exact) mass is 212 g/mol. The highest BCUT2D eigenvalue weighted by atomic mass is 16.4. The lowest BCUT2D eigenvalue weighted by Crippen LogP contribution is -1.95. The van der Waals surface area contributed by atoms with Crippen LogP contribution in [0, 0.1) is 0 Å². The summed E-state index contributed by atoms with van der Waals surface area (Å²) in [5.74, 6) is 0. The predicted octanol–water partition coefficient (Wildman–Crippen LogP) is 2.95. The first-order valence-corrected chi connectivity index (χ1v) is 5.01. The summed E-state index contributed by atoms with van der Waals surface area (Å²) >= 11 is 0. The maximum atomic E-state index is 8.71. The van der Waals surface area contributed by atoms with E-state index >= 15 is 0 Å². The fourth-order valence-electron chi connectivity index (χ4n) is 1.48. The molecule has 0 aliphatic carbocycles. The lowest BCUT2D eigenvalue weighted by atomic mass is 10.0. The van der Waals surface area contributed by atoms with Gasteiger partial charge in [0.25, 0.3) is 0 Å². The second kappa shape index (κ2) is 4.57. The maximum absolute atomic E-state index is 8.71. The molecular formula is C13H12N2O. The molecule has 0 fully saturated rings. The van der Waals surface area contributed by atoms with Gasteiger partial charge < -0.3 is 5.21 Å². The number of pyridine rings is 1. The number of rotatable bonds is 2. The molecule has 0 saturated carbocycles. The molecule has 1 aromatic carbocycles. The quantitative estimate of drug-likeness (QED) is 0.472. The van der Waals surface area contributed by atoms with Gasteiger partial charge in [-0.1, -0.05) is 35.5 Å². The molecule has 0 amide bonds. The number of nitrogens with zero attached hydrogens (tertiary/aromatic N) is 2. The van der Waals surface area contributed by atoms with E-state index in [1.807, 2.05) is 36.4 Å². The van der Waals surface area contributed by atoms with Gasteiger partial charge in [-0.15, -0.1) is 0 Å². The Labute approximate surface area is 94.1 Å². The lowest BCUT2D eigenvalue weighted by molar-refractivity contribution is 0.319. The van der Waals surface area contributed by atoms with Crippen molar-refractivity contribution in [2.45, 2.75) is 6.92 Å². The van der Waals surface area contributed by atoms with Crippen molar-refractivity contribution < 1.29 is 5.21 Å². The summed E-state index contributed by atoms with van der Waals surface area (Å²) in [7, 11) is 0. The summed E-state index contributed by atoms with van der Waals surface area (Å²) in [6.07, 6.45) is 3.48. The van der Waals surface area contributed by atoms with Gasteiger partial charge >= 0.3 is 0 Å². The van der Waals surface area contributed by atoms with Crippen molar-refractivity contribution >= 4 is 5.71 Å². The fourth-order valence-corrected chi connectivity index (χ4v) is 1.48. The van der Waals surface area contributed by atoms with Crippen LogP contribution in [0.4, 0.5) is 0 Å². The Kier molecular flexibility index (Phi) is 2.96. The van der Waals surface area contributed by atoms with Gasteiger partial charge in [0.1, 0.15) is 0 Å². The molecule has 0 bridgehead atoms. The smallest absolute Gasteiger partial charge is 0.0852 e. The molecule has 1 aromatic heterocycles. The SMILES string of the molecule is CC(=NO)c1cncc(-c2ccccc2)c1. The van der Waals surface area contributed by atoms with Crippen LogP contribution < -0.4 is 0 Å². The van der Waals surface area contributed by atoms with Gasteiger partial charge in [0.05, 0.1) is 5.71 Å². The molecule has 1 heterocycles. The largest absolute Gasteiger partial charge is 0.411 e. The van der Waals surface area contributed by atoms with E-state index in [0.717, 1.165) is 16.7 Å². The molecule has 0 saturated heterocycles. The van der Waals surface area contributed by atoms with Gasteiger partial charge in [0.15, 0.2) is 0 Å². The first-order valence-electron chi connectivity index (χ1n) is 5.01. The van der Waals surface area contributed by atoms with Gasteiger partial charge in [-0.2, -0.15) is 0 Å². The second-order valence-electron chi connectivity index (χ2n) is 3.51. The Morgan fingerprint density at radius 2 is 1.88 bits per heavy atom. The number of benzene rings is 1. The highest BCUT2D eigenvalue weighted by molar-refractivity contribution is 5.98. The van der Waals surface area contributed by atoms with Crippen LogP contribution in [0.25, 0.3) is 11.1 Å². The van der Waals surface area contributed by atoms with Gasteiger partial charge in [-0.3, -0.25) is 4.98 Å². The summed E-state index contributed by atoms with van der Waals surface area (Å²) in [6.45, 7) is 1.74. The predicted molar refractivity (Wildman–Crippen MR) is 63.7 cm³/mol. The Hall–Kier alpha value is -2.16. The molecule has 3 nitrogen and oxygen atoms in total. The van der Waals surface area contributed by atoms with E-state index < -0.39 is 0 Å². The van der Waals surface area contributed by atoms with Crippen molar-refractivity contribution in [3.8, 4) is 11.1 Å². The molecule has 0 unspecified atom stereocenters. The van der Waals surface area contributed by atoms with Crippen LogP contribution in [0.15, 0.2) is 53.9 Å². The first-order chi connectivity index (χ1) is 7.81. The number of hydrogen-bond acceptors (Lipinski definition) is 3. The molecule has 2 aromatic rings. The molecule has 16 heavy (non-hydrogen) atoms. The zero-order valence-corrected chi connectivity index (χ0v) is 8.96. The third-order valence-electron chi connectivity index (χ3n) is 2.41. The molecule has 3 heteroatoms. The van der Waals surface area contributed by atoms with E-state index in [4.69, 9.17) is 5.21 Å². The Balaban J connectivity index is 2.44. The molecular weight excluding hydrogens is 200 g/mol. The molecule has 1 N–H and O–H groups in total. The third-order valence-corrected chi connectivity index (χ3v) is 2.41. The highest BCUT2D eigenvalue weighted by Gasteiger charge is 2.02.